The predicted octanol–water partition coefficient (Wildman–Crippen LogP) is 5.01. The van der Waals surface area contributed by atoms with Crippen LogP contribution in [0.25, 0.3) is 0 Å². The van der Waals surface area contributed by atoms with E-state index in [2.05, 4.69) is 5.10 Å². The molecule has 0 aliphatic carbocycles. The third-order valence-electron chi connectivity index (χ3n) is 3.40. The van der Waals surface area contributed by atoms with Crippen LogP contribution in [0.3, 0.4) is 0 Å². The number of thiophene rings is 1. The Balaban J connectivity index is 2.26. The van der Waals surface area contributed by atoms with Crippen LogP contribution < -0.4 is 0 Å². The van der Waals surface area contributed by atoms with Gasteiger partial charge < -0.3 is 0 Å². The quantitative estimate of drug-likeness (QED) is 0.603. The van der Waals surface area contributed by atoms with Gasteiger partial charge in [0.05, 0.1) is 28.8 Å². The Labute approximate surface area is 162 Å². The standard InChI is InChI=1S/C14H14Cl3F2N3O2S/c1-6(4-8-9(15)10(16)12(17)25-8)22(24-3)14(23)7-5-21(2)20-11(7)13(18)19/h5-6,13H,4H2,1-3H3. The first-order chi connectivity index (χ1) is 11.7. The largest absolute Gasteiger partial charge is 0.282 e. The van der Waals surface area contributed by atoms with Crippen LogP contribution in [0.1, 0.15) is 34.3 Å². The highest BCUT2D eigenvalue weighted by Gasteiger charge is 2.30. The van der Waals surface area contributed by atoms with Gasteiger partial charge in [0.1, 0.15) is 10.0 Å². The van der Waals surface area contributed by atoms with Crippen LogP contribution in [0.15, 0.2) is 6.20 Å². The molecule has 0 N–H and O–H groups in total. The predicted molar refractivity (Wildman–Crippen MR) is 93.9 cm³/mol. The van der Waals surface area contributed by atoms with Crippen molar-refractivity contribution in [2.45, 2.75) is 25.8 Å². The van der Waals surface area contributed by atoms with Gasteiger partial charge in [0.15, 0.2) is 0 Å². The Morgan fingerprint density at radius 3 is 2.52 bits per heavy atom. The fourth-order valence-electron chi connectivity index (χ4n) is 2.30. The van der Waals surface area contributed by atoms with Crippen LogP contribution in [0.5, 0.6) is 0 Å². The van der Waals surface area contributed by atoms with E-state index in [1.54, 1.807) is 6.92 Å². The van der Waals surface area contributed by atoms with Gasteiger partial charge in [0.2, 0.25) is 0 Å². The number of carbonyl (C=O) groups is 1. The second-order valence-electron chi connectivity index (χ2n) is 5.20. The van der Waals surface area contributed by atoms with Crippen LogP contribution in [-0.4, -0.2) is 33.9 Å². The Kier molecular flexibility index (Phi) is 6.67. The Morgan fingerprint density at radius 1 is 1.40 bits per heavy atom. The van der Waals surface area contributed by atoms with Gasteiger partial charge in [-0.05, 0) is 6.92 Å². The number of hydroxylamine groups is 2. The van der Waals surface area contributed by atoms with Crippen LogP contribution in [0.4, 0.5) is 8.78 Å². The average Bonchev–Trinajstić information content (AvgIpc) is 3.04. The van der Waals surface area contributed by atoms with E-state index in [9.17, 15) is 13.6 Å². The third kappa shape index (κ3) is 4.25. The van der Waals surface area contributed by atoms with Crippen molar-refractivity contribution in [2.75, 3.05) is 7.11 Å². The number of aryl methyl sites for hydroxylation is 1. The summed E-state index contributed by atoms with van der Waals surface area (Å²) >= 11 is 19.2. The van der Waals surface area contributed by atoms with Crippen molar-refractivity contribution in [3.05, 3.63) is 36.7 Å². The molecule has 2 rings (SSSR count). The fourth-order valence-corrected chi connectivity index (χ4v) is 4.28. The van der Waals surface area contributed by atoms with E-state index in [-0.39, 0.29) is 10.6 Å². The zero-order valence-electron chi connectivity index (χ0n) is 13.4. The molecule has 1 unspecified atom stereocenters. The molecular formula is C14H14Cl3F2N3O2S. The smallest absolute Gasteiger partial charge is 0.275 e. The maximum Gasteiger partial charge on any atom is 0.282 e. The van der Waals surface area contributed by atoms with E-state index in [0.29, 0.717) is 20.7 Å². The van der Waals surface area contributed by atoms with Crippen molar-refractivity contribution < 1.29 is 18.4 Å². The number of amides is 1. The van der Waals surface area contributed by atoms with Crippen molar-refractivity contribution in [2.24, 2.45) is 7.05 Å². The van der Waals surface area contributed by atoms with Crippen molar-refractivity contribution in [1.82, 2.24) is 14.8 Å². The average molecular weight is 433 g/mol. The summed E-state index contributed by atoms with van der Waals surface area (Å²) in [5.74, 6) is -0.719. The second-order valence-corrected chi connectivity index (χ2v) is 7.66. The molecule has 0 radical (unpaired) electrons. The lowest BCUT2D eigenvalue weighted by Gasteiger charge is -2.26. The first-order valence-electron chi connectivity index (χ1n) is 6.98. The number of alkyl halides is 2. The number of carbonyl (C=O) groups excluding carboxylic acids is 1. The van der Waals surface area contributed by atoms with E-state index < -0.39 is 24.1 Å². The molecule has 1 amide bonds. The Hall–Kier alpha value is -0.930. The second kappa shape index (κ2) is 8.18. The molecule has 0 aliphatic heterocycles. The summed E-state index contributed by atoms with van der Waals surface area (Å²) in [6, 6.07) is -0.508. The van der Waals surface area contributed by atoms with E-state index in [1.807, 2.05) is 0 Å². The number of rotatable bonds is 6. The zero-order valence-corrected chi connectivity index (χ0v) is 16.5. The molecule has 0 aromatic carbocycles. The Bertz CT molecular complexity index is 782. The molecule has 0 saturated heterocycles. The highest BCUT2D eigenvalue weighted by atomic mass is 35.5. The molecule has 0 fully saturated rings. The van der Waals surface area contributed by atoms with Crippen LogP contribution in [0.2, 0.25) is 14.4 Å². The summed E-state index contributed by atoms with van der Waals surface area (Å²) in [7, 11) is 2.74. The van der Waals surface area contributed by atoms with Gasteiger partial charge in [0.25, 0.3) is 12.3 Å². The molecule has 0 spiro atoms. The van der Waals surface area contributed by atoms with Gasteiger partial charge in [-0.3, -0.25) is 14.3 Å². The van der Waals surface area contributed by atoms with Crippen molar-refractivity contribution in [1.29, 1.82) is 0 Å². The highest BCUT2D eigenvalue weighted by Crippen LogP contribution is 2.41. The topological polar surface area (TPSA) is 47.4 Å². The van der Waals surface area contributed by atoms with Gasteiger partial charge in [0, 0.05) is 24.5 Å². The molecule has 0 saturated carbocycles. The fraction of sp³-hybridized carbons (Fsp3) is 0.429. The molecule has 0 bridgehead atoms. The Morgan fingerprint density at radius 2 is 2.04 bits per heavy atom. The summed E-state index contributed by atoms with van der Waals surface area (Å²) < 4.78 is 27.7. The van der Waals surface area contributed by atoms with Gasteiger partial charge >= 0.3 is 0 Å². The molecule has 11 heteroatoms. The van der Waals surface area contributed by atoms with Crippen LogP contribution in [-0.2, 0) is 18.3 Å². The third-order valence-corrected chi connectivity index (χ3v) is 6.03. The van der Waals surface area contributed by atoms with E-state index in [0.717, 1.165) is 9.75 Å². The van der Waals surface area contributed by atoms with Crippen molar-refractivity contribution in [3.63, 3.8) is 0 Å². The summed E-state index contributed by atoms with van der Waals surface area (Å²) in [6.07, 6.45) is -1.35. The minimum absolute atomic E-state index is 0.223. The van der Waals surface area contributed by atoms with Gasteiger partial charge in [-0.25, -0.2) is 13.8 Å². The monoisotopic (exact) mass is 431 g/mol. The molecular weight excluding hydrogens is 419 g/mol. The van der Waals surface area contributed by atoms with Gasteiger partial charge in [-0.15, -0.1) is 11.3 Å². The minimum atomic E-state index is -2.88. The molecule has 2 aromatic rings. The first kappa shape index (κ1) is 20.4. The summed E-state index contributed by atoms with van der Waals surface area (Å²) in [5.41, 5.74) is -0.818. The van der Waals surface area contributed by atoms with Crippen molar-refractivity contribution in [3.8, 4) is 0 Å². The molecule has 5 nitrogen and oxygen atoms in total. The lowest BCUT2D eigenvalue weighted by atomic mass is 10.1. The number of hydrogen-bond acceptors (Lipinski definition) is 4. The normalized spacial score (nSPS) is 12.7. The van der Waals surface area contributed by atoms with E-state index in [1.165, 1.54) is 31.7 Å². The number of hydrogen-bond donors (Lipinski definition) is 0. The summed E-state index contributed by atoms with van der Waals surface area (Å²) in [6.45, 7) is 1.69. The van der Waals surface area contributed by atoms with Crippen LogP contribution >= 0.6 is 46.1 Å². The lowest BCUT2D eigenvalue weighted by Crippen LogP contribution is -2.39. The molecule has 2 aromatic heterocycles. The number of aromatic nitrogens is 2. The number of halogens is 5. The molecule has 2 heterocycles. The maximum atomic E-state index is 13.1. The first-order valence-corrected chi connectivity index (χ1v) is 8.93. The SMILES string of the molecule is CON(C(=O)c1cn(C)nc1C(F)F)C(C)Cc1sc(Cl)c(Cl)c1Cl. The van der Waals surface area contributed by atoms with E-state index >= 15 is 0 Å². The number of nitrogens with zero attached hydrogens (tertiary/aromatic N) is 3. The van der Waals surface area contributed by atoms with Gasteiger partial charge in [-0.2, -0.15) is 5.10 Å². The summed E-state index contributed by atoms with van der Waals surface area (Å²) in [5, 5.41) is 5.19. The van der Waals surface area contributed by atoms with Crippen LogP contribution in [0, 0.1) is 0 Å². The lowest BCUT2D eigenvalue weighted by molar-refractivity contribution is -0.119. The molecule has 25 heavy (non-hydrogen) atoms. The summed E-state index contributed by atoms with van der Waals surface area (Å²) in [4.78, 5) is 18.4. The maximum absolute atomic E-state index is 13.1. The molecule has 138 valence electrons. The minimum Gasteiger partial charge on any atom is -0.275 e. The van der Waals surface area contributed by atoms with E-state index in [4.69, 9.17) is 39.6 Å². The molecule has 0 aliphatic rings. The van der Waals surface area contributed by atoms with Gasteiger partial charge in [-0.1, -0.05) is 34.8 Å². The molecule has 1 atom stereocenters. The highest BCUT2D eigenvalue weighted by molar-refractivity contribution is 7.17. The van der Waals surface area contributed by atoms with Crippen molar-refractivity contribution >= 4 is 52.0 Å². The zero-order chi connectivity index (χ0) is 18.9.